The van der Waals surface area contributed by atoms with Crippen molar-refractivity contribution in [1.82, 2.24) is 19.5 Å². The van der Waals surface area contributed by atoms with Gasteiger partial charge in [0.1, 0.15) is 5.65 Å². The molecule has 1 N–H and O–H groups in total. The minimum absolute atomic E-state index is 0.517. The van der Waals surface area contributed by atoms with E-state index in [0.717, 1.165) is 28.8 Å². The van der Waals surface area contributed by atoms with E-state index in [1.54, 1.807) is 0 Å². The number of hydrogen-bond acceptors (Lipinski definition) is 2. The van der Waals surface area contributed by atoms with E-state index in [0.29, 0.717) is 5.92 Å². The van der Waals surface area contributed by atoms with Crippen LogP contribution in [0.25, 0.3) is 22.3 Å². The molecule has 4 rings (SSSR count). The first kappa shape index (κ1) is 12.1. The number of nitrogens with zero attached hydrogens (tertiary/aromatic N) is 3. The fourth-order valence-corrected chi connectivity index (χ4v) is 2.86. The Morgan fingerprint density at radius 1 is 1.29 bits per heavy atom. The zero-order chi connectivity index (χ0) is 14.2. The summed E-state index contributed by atoms with van der Waals surface area (Å²) in [4.78, 5) is 12.1. The summed E-state index contributed by atoms with van der Waals surface area (Å²) in [5, 5.41) is 1.10. The van der Waals surface area contributed by atoms with Crippen molar-refractivity contribution in [3.63, 3.8) is 0 Å². The van der Waals surface area contributed by atoms with Crippen LogP contribution in [0.5, 0.6) is 0 Å². The van der Waals surface area contributed by atoms with Crippen LogP contribution in [0.4, 0.5) is 0 Å². The van der Waals surface area contributed by atoms with Crippen molar-refractivity contribution in [2.75, 3.05) is 0 Å². The zero-order valence-electron chi connectivity index (χ0n) is 11.8. The molecule has 3 aromatic heterocycles. The standard InChI is InChI=1S/C17H16N4/c1-12-4-2-3-5-13(12)15-10-21(11-20-15)16-7-9-19-17-14(16)6-8-18-17/h2-3,5-12H,4H2,1H3,(H,18,19). The van der Waals surface area contributed by atoms with Gasteiger partial charge in [0.25, 0.3) is 0 Å². The molecule has 104 valence electrons. The second-order valence-corrected chi connectivity index (χ2v) is 5.42. The lowest BCUT2D eigenvalue weighted by atomic mass is 9.91. The molecule has 1 atom stereocenters. The van der Waals surface area contributed by atoms with Crippen molar-refractivity contribution in [2.24, 2.45) is 5.92 Å². The summed E-state index contributed by atoms with van der Waals surface area (Å²) in [7, 11) is 0. The highest BCUT2D eigenvalue weighted by Gasteiger charge is 2.15. The Labute approximate surface area is 122 Å². The van der Waals surface area contributed by atoms with Gasteiger partial charge in [0, 0.05) is 24.0 Å². The molecule has 1 unspecified atom stereocenters. The second kappa shape index (κ2) is 4.74. The molecule has 4 nitrogen and oxygen atoms in total. The Morgan fingerprint density at radius 3 is 3.14 bits per heavy atom. The Bertz CT molecular complexity index is 850. The topological polar surface area (TPSA) is 46.5 Å². The van der Waals surface area contributed by atoms with Crippen LogP contribution in [0.15, 0.2) is 55.3 Å². The van der Waals surface area contributed by atoms with Gasteiger partial charge in [0.05, 0.1) is 17.7 Å². The number of aromatic amines is 1. The van der Waals surface area contributed by atoms with Crippen molar-refractivity contribution in [3.8, 4) is 5.69 Å². The molecule has 4 heteroatoms. The highest BCUT2D eigenvalue weighted by Crippen LogP contribution is 2.29. The molecular weight excluding hydrogens is 260 g/mol. The lowest BCUT2D eigenvalue weighted by molar-refractivity contribution is 0.755. The first-order valence-electron chi connectivity index (χ1n) is 7.16. The van der Waals surface area contributed by atoms with Gasteiger partial charge in [-0.15, -0.1) is 0 Å². The van der Waals surface area contributed by atoms with Gasteiger partial charge in [-0.3, -0.25) is 0 Å². The highest BCUT2D eigenvalue weighted by molar-refractivity contribution is 5.84. The van der Waals surface area contributed by atoms with Gasteiger partial charge in [-0.05, 0) is 30.0 Å². The monoisotopic (exact) mass is 276 g/mol. The number of pyridine rings is 1. The molecule has 0 aromatic carbocycles. The molecule has 1 aliphatic carbocycles. The molecule has 0 bridgehead atoms. The Morgan fingerprint density at radius 2 is 2.24 bits per heavy atom. The van der Waals surface area contributed by atoms with E-state index in [9.17, 15) is 0 Å². The smallest absolute Gasteiger partial charge is 0.139 e. The van der Waals surface area contributed by atoms with Crippen LogP contribution in [0, 0.1) is 5.92 Å². The second-order valence-electron chi connectivity index (χ2n) is 5.42. The van der Waals surface area contributed by atoms with Crippen molar-refractivity contribution in [3.05, 3.63) is 61.0 Å². The van der Waals surface area contributed by atoms with Gasteiger partial charge in [-0.2, -0.15) is 0 Å². The molecular formula is C17H16N4. The predicted molar refractivity (Wildman–Crippen MR) is 84.1 cm³/mol. The molecule has 0 saturated carbocycles. The molecule has 1 aliphatic rings. The van der Waals surface area contributed by atoms with Crippen molar-refractivity contribution >= 4 is 16.6 Å². The first-order chi connectivity index (χ1) is 10.3. The zero-order valence-corrected chi connectivity index (χ0v) is 11.8. The van der Waals surface area contributed by atoms with Gasteiger partial charge in [0.15, 0.2) is 0 Å². The third-order valence-corrected chi connectivity index (χ3v) is 4.03. The third kappa shape index (κ3) is 2.00. The van der Waals surface area contributed by atoms with Crippen LogP contribution in [-0.4, -0.2) is 19.5 Å². The Hall–Kier alpha value is -2.62. The van der Waals surface area contributed by atoms with Crippen LogP contribution in [-0.2, 0) is 0 Å². The maximum Gasteiger partial charge on any atom is 0.139 e. The predicted octanol–water partition coefficient (Wildman–Crippen LogP) is 3.73. The summed E-state index contributed by atoms with van der Waals surface area (Å²) in [6, 6.07) is 4.06. The summed E-state index contributed by atoms with van der Waals surface area (Å²) >= 11 is 0. The van der Waals surface area contributed by atoms with Gasteiger partial charge < -0.3 is 9.55 Å². The number of hydrogen-bond donors (Lipinski definition) is 1. The van der Waals surface area contributed by atoms with Gasteiger partial charge in [-0.25, -0.2) is 9.97 Å². The quantitative estimate of drug-likeness (QED) is 0.775. The number of fused-ring (bicyclic) bond motifs is 1. The largest absolute Gasteiger partial charge is 0.346 e. The van der Waals surface area contributed by atoms with Crippen LogP contribution in [0.1, 0.15) is 19.0 Å². The van der Waals surface area contributed by atoms with Crippen molar-refractivity contribution in [2.45, 2.75) is 13.3 Å². The van der Waals surface area contributed by atoms with Gasteiger partial charge >= 0.3 is 0 Å². The Balaban J connectivity index is 1.80. The van der Waals surface area contributed by atoms with E-state index in [2.05, 4.69) is 50.9 Å². The molecule has 3 aromatic rings. The summed E-state index contributed by atoms with van der Waals surface area (Å²) in [6.07, 6.45) is 15.3. The van der Waals surface area contributed by atoms with E-state index < -0.39 is 0 Å². The average Bonchev–Trinajstić information content (AvgIpc) is 3.16. The average molecular weight is 276 g/mol. The summed E-state index contributed by atoms with van der Waals surface area (Å²) < 4.78 is 2.07. The van der Waals surface area contributed by atoms with Gasteiger partial charge in [0.2, 0.25) is 0 Å². The highest BCUT2D eigenvalue weighted by atomic mass is 15.0. The number of imidazole rings is 1. The SMILES string of the molecule is CC1CC=CC=C1c1cn(-c2ccnc3[nH]ccc23)cn1. The fraction of sp³-hybridized carbons (Fsp3) is 0.176. The van der Waals surface area contributed by atoms with Crippen LogP contribution < -0.4 is 0 Å². The van der Waals surface area contributed by atoms with Crippen molar-refractivity contribution < 1.29 is 0 Å². The van der Waals surface area contributed by atoms with Crippen molar-refractivity contribution in [1.29, 1.82) is 0 Å². The summed E-state index contributed by atoms with van der Waals surface area (Å²) in [5.74, 6) is 0.517. The van der Waals surface area contributed by atoms with E-state index in [-0.39, 0.29) is 0 Å². The molecule has 0 fully saturated rings. The van der Waals surface area contributed by atoms with E-state index >= 15 is 0 Å². The van der Waals surface area contributed by atoms with E-state index in [4.69, 9.17) is 0 Å². The van der Waals surface area contributed by atoms with Crippen LogP contribution in [0.2, 0.25) is 0 Å². The normalized spacial score (nSPS) is 18.1. The molecule has 0 aliphatic heterocycles. The summed E-state index contributed by atoms with van der Waals surface area (Å²) in [6.45, 7) is 2.24. The van der Waals surface area contributed by atoms with Crippen LogP contribution >= 0.6 is 0 Å². The van der Waals surface area contributed by atoms with E-state index in [1.165, 1.54) is 5.57 Å². The summed E-state index contributed by atoms with van der Waals surface area (Å²) in [5.41, 5.74) is 4.35. The number of aromatic nitrogens is 4. The minimum Gasteiger partial charge on any atom is -0.346 e. The van der Waals surface area contributed by atoms with Crippen LogP contribution in [0.3, 0.4) is 0 Å². The minimum atomic E-state index is 0.517. The third-order valence-electron chi connectivity index (χ3n) is 4.03. The molecule has 0 radical (unpaired) electrons. The lowest BCUT2D eigenvalue weighted by Gasteiger charge is -2.14. The fourth-order valence-electron chi connectivity index (χ4n) is 2.86. The first-order valence-corrected chi connectivity index (χ1v) is 7.16. The maximum absolute atomic E-state index is 4.59. The molecule has 0 amide bonds. The number of allylic oxidation sites excluding steroid dienone is 4. The maximum atomic E-state index is 4.59. The molecule has 3 heterocycles. The molecule has 0 spiro atoms. The number of rotatable bonds is 2. The number of H-pyrrole nitrogens is 1. The number of nitrogens with one attached hydrogen (secondary N) is 1. The van der Waals surface area contributed by atoms with Gasteiger partial charge in [-0.1, -0.05) is 25.2 Å². The lowest BCUT2D eigenvalue weighted by Crippen LogP contribution is -2.00. The van der Waals surface area contributed by atoms with E-state index in [1.807, 2.05) is 30.9 Å². The Kier molecular flexibility index (Phi) is 2.74. The molecule has 21 heavy (non-hydrogen) atoms. The molecule has 0 saturated heterocycles.